The molecule has 0 atom stereocenters. The summed E-state index contributed by atoms with van der Waals surface area (Å²) in [5.74, 6) is -0.208. The van der Waals surface area contributed by atoms with Gasteiger partial charge in [-0.15, -0.1) is 0 Å². The minimum absolute atomic E-state index is 0.0346. The van der Waals surface area contributed by atoms with E-state index in [9.17, 15) is 18.6 Å². The highest BCUT2D eigenvalue weighted by Gasteiger charge is 2.22. The quantitative estimate of drug-likeness (QED) is 0.885. The zero-order valence-electron chi connectivity index (χ0n) is 10.6. The Morgan fingerprint density at radius 2 is 1.63 bits per heavy atom. The Labute approximate surface area is 111 Å². The number of benzene rings is 2. The fraction of sp³-hybridized carbons (Fsp3) is 0.143. The van der Waals surface area contributed by atoms with Crippen molar-refractivity contribution in [1.82, 2.24) is 0 Å². The molecule has 0 spiro atoms. The Balaban J connectivity index is 2.65. The average molecular weight is 278 g/mol. The molecule has 0 saturated heterocycles. The Bertz CT molecular complexity index is 733. The van der Waals surface area contributed by atoms with E-state index >= 15 is 0 Å². The van der Waals surface area contributed by atoms with Crippen LogP contribution in [0.4, 0.5) is 0 Å². The lowest BCUT2D eigenvalue weighted by Gasteiger charge is -2.09. The summed E-state index contributed by atoms with van der Waals surface area (Å²) in [5, 5.41) is 19.3. The van der Waals surface area contributed by atoms with Gasteiger partial charge in [-0.3, -0.25) is 0 Å². The molecule has 0 heterocycles. The van der Waals surface area contributed by atoms with Gasteiger partial charge in [-0.05, 0) is 49.2 Å². The maximum atomic E-state index is 12.4. The molecule has 4 nitrogen and oxygen atoms in total. The Hall–Kier alpha value is -2.01. The molecule has 19 heavy (non-hydrogen) atoms. The highest BCUT2D eigenvalue weighted by molar-refractivity contribution is 7.91. The summed E-state index contributed by atoms with van der Waals surface area (Å²) in [6, 6.07) is 8.60. The summed E-state index contributed by atoms with van der Waals surface area (Å²) in [5.41, 5.74) is 0.963. The molecule has 0 aromatic heterocycles. The fourth-order valence-corrected chi connectivity index (χ4v) is 3.28. The molecule has 0 unspecified atom stereocenters. The van der Waals surface area contributed by atoms with Crippen molar-refractivity contribution in [2.45, 2.75) is 23.6 Å². The van der Waals surface area contributed by atoms with Gasteiger partial charge >= 0.3 is 0 Å². The van der Waals surface area contributed by atoms with E-state index in [4.69, 9.17) is 0 Å². The van der Waals surface area contributed by atoms with Crippen molar-refractivity contribution in [3.05, 3.63) is 47.5 Å². The third-order valence-electron chi connectivity index (χ3n) is 2.97. The zero-order chi connectivity index (χ0) is 14.2. The normalized spacial score (nSPS) is 11.5. The SMILES string of the molecule is Cc1cc(S(=O)(=O)c2cccc(C)c2O)ccc1O. The van der Waals surface area contributed by atoms with Gasteiger partial charge in [-0.25, -0.2) is 8.42 Å². The minimum Gasteiger partial charge on any atom is -0.508 e. The number of aromatic hydroxyl groups is 2. The number of rotatable bonds is 2. The van der Waals surface area contributed by atoms with Gasteiger partial charge in [0.25, 0.3) is 0 Å². The Kier molecular flexibility index (Phi) is 3.24. The molecule has 0 aliphatic heterocycles. The smallest absolute Gasteiger partial charge is 0.210 e. The second kappa shape index (κ2) is 4.59. The molecule has 2 N–H and O–H groups in total. The van der Waals surface area contributed by atoms with E-state index < -0.39 is 9.84 Å². The second-order valence-corrected chi connectivity index (χ2v) is 6.29. The molecular formula is C14H14O4S. The third-order valence-corrected chi connectivity index (χ3v) is 4.75. The molecule has 0 aliphatic rings. The van der Waals surface area contributed by atoms with Gasteiger partial charge in [0.05, 0.1) is 4.90 Å². The molecule has 100 valence electrons. The maximum Gasteiger partial charge on any atom is 0.210 e. The van der Waals surface area contributed by atoms with Crippen LogP contribution in [-0.4, -0.2) is 18.6 Å². The first-order valence-electron chi connectivity index (χ1n) is 5.67. The highest BCUT2D eigenvalue weighted by Crippen LogP contribution is 2.32. The molecular weight excluding hydrogens is 264 g/mol. The van der Waals surface area contributed by atoms with Crippen LogP contribution in [0.5, 0.6) is 11.5 Å². The number of phenols is 2. The summed E-state index contributed by atoms with van der Waals surface area (Å²) in [6.07, 6.45) is 0. The molecule has 0 bridgehead atoms. The predicted molar refractivity (Wildman–Crippen MR) is 71.1 cm³/mol. The molecule has 2 aromatic rings. The molecule has 2 aromatic carbocycles. The highest BCUT2D eigenvalue weighted by atomic mass is 32.2. The predicted octanol–water partition coefficient (Wildman–Crippen LogP) is 2.55. The van der Waals surface area contributed by atoms with Crippen molar-refractivity contribution >= 4 is 9.84 Å². The summed E-state index contributed by atoms with van der Waals surface area (Å²) in [6.45, 7) is 3.25. The zero-order valence-corrected chi connectivity index (χ0v) is 11.4. The summed E-state index contributed by atoms with van der Waals surface area (Å²) >= 11 is 0. The number of para-hydroxylation sites is 1. The molecule has 0 radical (unpaired) electrons. The molecule has 0 fully saturated rings. The maximum absolute atomic E-state index is 12.4. The van der Waals surface area contributed by atoms with E-state index in [1.54, 1.807) is 26.0 Å². The fourth-order valence-electron chi connectivity index (χ4n) is 1.77. The van der Waals surface area contributed by atoms with Crippen molar-refractivity contribution in [2.24, 2.45) is 0 Å². The first kappa shape index (κ1) is 13.4. The van der Waals surface area contributed by atoms with Gasteiger partial charge in [-0.2, -0.15) is 0 Å². The van der Waals surface area contributed by atoms with Crippen LogP contribution in [0.25, 0.3) is 0 Å². The number of aryl methyl sites for hydroxylation is 2. The second-order valence-electron chi connectivity index (χ2n) is 4.37. The standard InChI is InChI=1S/C14H14O4S/c1-9-4-3-5-13(14(9)16)19(17,18)11-6-7-12(15)10(2)8-11/h3-8,15-16H,1-2H3. The minimum atomic E-state index is -3.79. The first-order chi connectivity index (χ1) is 8.84. The van der Waals surface area contributed by atoms with Crippen LogP contribution >= 0.6 is 0 Å². The van der Waals surface area contributed by atoms with Gasteiger partial charge in [0.15, 0.2) is 0 Å². The van der Waals surface area contributed by atoms with Crippen molar-refractivity contribution in [2.75, 3.05) is 0 Å². The third kappa shape index (κ3) is 2.29. The van der Waals surface area contributed by atoms with Crippen LogP contribution < -0.4 is 0 Å². The average Bonchev–Trinajstić information content (AvgIpc) is 2.35. The van der Waals surface area contributed by atoms with E-state index in [2.05, 4.69) is 0 Å². The van der Waals surface area contributed by atoms with Gasteiger partial charge in [-0.1, -0.05) is 12.1 Å². The van der Waals surface area contributed by atoms with Crippen LogP contribution in [-0.2, 0) is 9.84 Å². The lowest BCUT2D eigenvalue weighted by Crippen LogP contribution is -2.03. The van der Waals surface area contributed by atoms with Gasteiger partial charge in [0.1, 0.15) is 16.4 Å². The van der Waals surface area contributed by atoms with Crippen molar-refractivity contribution in [3.8, 4) is 11.5 Å². The molecule has 0 saturated carbocycles. The summed E-state index contributed by atoms with van der Waals surface area (Å²) in [7, 11) is -3.79. The van der Waals surface area contributed by atoms with Crippen LogP contribution in [0.1, 0.15) is 11.1 Å². The monoisotopic (exact) mass is 278 g/mol. The van der Waals surface area contributed by atoms with Crippen molar-refractivity contribution < 1.29 is 18.6 Å². The van der Waals surface area contributed by atoms with E-state index in [1.807, 2.05) is 0 Å². The lowest BCUT2D eigenvalue weighted by atomic mass is 10.2. The molecule has 0 aliphatic carbocycles. The van der Waals surface area contributed by atoms with Gasteiger partial charge < -0.3 is 10.2 Å². The number of hydrogen-bond donors (Lipinski definition) is 2. The van der Waals surface area contributed by atoms with E-state index in [1.165, 1.54) is 24.3 Å². The van der Waals surface area contributed by atoms with Gasteiger partial charge in [0.2, 0.25) is 9.84 Å². The number of phenolic OH excluding ortho intramolecular Hbond substituents is 2. The Morgan fingerprint density at radius 1 is 0.947 bits per heavy atom. The van der Waals surface area contributed by atoms with E-state index in [0.29, 0.717) is 11.1 Å². The number of sulfone groups is 1. The summed E-state index contributed by atoms with van der Waals surface area (Å²) in [4.78, 5) is -0.0821. The largest absolute Gasteiger partial charge is 0.508 e. The van der Waals surface area contributed by atoms with E-state index in [0.717, 1.165) is 0 Å². The lowest BCUT2D eigenvalue weighted by molar-refractivity contribution is 0.454. The molecule has 2 rings (SSSR count). The van der Waals surface area contributed by atoms with Crippen LogP contribution in [0.3, 0.4) is 0 Å². The number of hydrogen-bond acceptors (Lipinski definition) is 4. The molecule has 0 amide bonds. The van der Waals surface area contributed by atoms with Crippen LogP contribution in [0, 0.1) is 13.8 Å². The summed E-state index contributed by atoms with van der Waals surface area (Å²) < 4.78 is 24.9. The first-order valence-corrected chi connectivity index (χ1v) is 7.15. The molecule has 5 heteroatoms. The Morgan fingerprint density at radius 3 is 2.26 bits per heavy atom. The van der Waals surface area contributed by atoms with Crippen LogP contribution in [0.2, 0.25) is 0 Å². The van der Waals surface area contributed by atoms with Crippen LogP contribution in [0.15, 0.2) is 46.2 Å². The van der Waals surface area contributed by atoms with E-state index in [-0.39, 0.29) is 21.3 Å². The van der Waals surface area contributed by atoms with Crippen molar-refractivity contribution in [3.63, 3.8) is 0 Å². The van der Waals surface area contributed by atoms with Gasteiger partial charge in [0, 0.05) is 0 Å². The van der Waals surface area contributed by atoms with Crippen molar-refractivity contribution in [1.29, 1.82) is 0 Å². The topological polar surface area (TPSA) is 74.6 Å².